The molecule has 3 aromatic carbocycles. The highest BCUT2D eigenvalue weighted by Crippen LogP contribution is 2.26. The summed E-state index contributed by atoms with van der Waals surface area (Å²) in [5, 5.41) is 11.0. The average molecular weight is 361 g/mol. The van der Waals surface area contributed by atoms with E-state index in [1.165, 1.54) is 35.6 Å². The first-order chi connectivity index (χ1) is 12.5. The molecular weight excluding hydrogens is 332 g/mol. The molecule has 0 aliphatic heterocycles. The summed E-state index contributed by atoms with van der Waals surface area (Å²) < 4.78 is 0. The maximum atomic E-state index is 9.43. The van der Waals surface area contributed by atoms with Crippen molar-refractivity contribution in [3.63, 3.8) is 0 Å². The highest BCUT2D eigenvalue weighted by Gasteiger charge is 2.22. The van der Waals surface area contributed by atoms with Gasteiger partial charge in [-0.1, -0.05) is 105 Å². The van der Waals surface area contributed by atoms with Crippen molar-refractivity contribution < 1.29 is 5.11 Å². The van der Waals surface area contributed by atoms with Crippen molar-refractivity contribution in [2.45, 2.75) is 38.9 Å². The predicted octanol–water partition coefficient (Wildman–Crippen LogP) is 6.44. The summed E-state index contributed by atoms with van der Waals surface area (Å²) in [7, 11) is -1.30. The lowest BCUT2D eigenvalue weighted by atomic mass is 10.0. The molecule has 0 fully saturated rings. The summed E-state index contributed by atoms with van der Waals surface area (Å²) in [5.41, 5.74) is 4.80. The lowest BCUT2D eigenvalue weighted by Crippen LogP contribution is -2.40. The second kappa shape index (κ2) is 7.92. The van der Waals surface area contributed by atoms with E-state index in [0.29, 0.717) is 5.75 Å². The van der Waals surface area contributed by atoms with Crippen molar-refractivity contribution in [3.05, 3.63) is 72.8 Å². The molecule has 26 heavy (non-hydrogen) atoms. The molecule has 0 amide bonds. The van der Waals surface area contributed by atoms with Gasteiger partial charge >= 0.3 is 0 Å². The molecule has 0 atom stereocenters. The van der Waals surface area contributed by atoms with Crippen LogP contribution in [0.25, 0.3) is 22.3 Å². The number of hydrogen-bond acceptors (Lipinski definition) is 1. The number of hydrogen-bond donors (Lipinski definition) is 1. The maximum Gasteiger partial charge on any atom is 0.115 e. The zero-order valence-electron chi connectivity index (χ0n) is 16.0. The van der Waals surface area contributed by atoms with Gasteiger partial charge in [-0.3, -0.25) is 0 Å². The topological polar surface area (TPSA) is 20.2 Å². The van der Waals surface area contributed by atoms with Crippen LogP contribution in [0.1, 0.15) is 19.8 Å². The molecule has 0 unspecified atom stereocenters. The molecule has 3 rings (SSSR count). The lowest BCUT2D eigenvalue weighted by Gasteiger charge is -2.23. The van der Waals surface area contributed by atoms with Crippen LogP contribution in [0.5, 0.6) is 5.75 Å². The van der Waals surface area contributed by atoms with E-state index in [2.05, 4.69) is 68.5 Å². The number of phenolic OH excluding ortho intramolecular Hbond substituents is 1. The van der Waals surface area contributed by atoms with E-state index in [1.807, 2.05) is 12.1 Å². The fourth-order valence-corrected chi connectivity index (χ4v) is 5.98. The Morgan fingerprint density at radius 3 is 1.46 bits per heavy atom. The van der Waals surface area contributed by atoms with Crippen LogP contribution >= 0.6 is 0 Å². The van der Waals surface area contributed by atoms with Gasteiger partial charge in [-0.2, -0.15) is 0 Å². The van der Waals surface area contributed by atoms with Crippen molar-refractivity contribution in [3.8, 4) is 28.0 Å². The van der Waals surface area contributed by atoms with E-state index >= 15 is 0 Å². The fourth-order valence-electron chi connectivity index (χ4n) is 3.39. The van der Waals surface area contributed by atoms with Crippen molar-refractivity contribution in [2.24, 2.45) is 0 Å². The Morgan fingerprint density at radius 2 is 1.04 bits per heavy atom. The Balaban J connectivity index is 1.78. The van der Waals surface area contributed by atoms with Crippen LogP contribution in [-0.4, -0.2) is 13.2 Å². The summed E-state index contributed by atoms with van der Waals surface area (Å²) in [4.78, 5) is 0. The second-order valence-electron chi connectivity index (χ2n) is 7.69. The molecule has 0 spiro atoms. The van der Waals surface area contributed by atoms with Crippen LogP contribution in [0.4, 0.5) is 0 Å². The Labute approximate surface area is 158 Å². The van der Waals surface area contributed by atoms with E-state index in [-0.39, 0.29) is 0 Å². The molecule has 0 saturated heterocycles. The molecule has 2 heteroatoms. The Bertz CT molecular complexity index is 831. The molecule has 134 valence electrons. The Kier molecular flexibility index (Phi) is 5.63. The highest BCUT2D eigenvalue weighted by molar-refractivity contribution is 6.89. The van der Waals surface area contributed by atoms with Gasteiger partial charge in [0.15, 0.2) is 0 Å². The minimum Gasteiger partial charge on any atom is -0.508 e. The number of phenols is 1. The number of rotatable bonds is 6. The molecule has 0 aromatic heterocycles. The number of unbranched alkanes of at least 4 members (excludes halogenated alkanes) is 1. The van der Waals surface area contributed by atoms with E-state index in [4.69, 9.17) is 0 Å². The first-order valence-electron chi connectivity index (χ1n) is 9.50. The molecule has 3 aromatic rings. The predicted molar refractivity (Wildman–Crippen MR) is 116 cm³/mol. The summed E-state index contributed by atoms with van der Waals surface area (Å²) in [6, 6.07) is 26.6. The van der Waals surface area contributed by atoms with Crippen molar-refractivity contribution in [1.29, 1.82) is 0 Å². The van der Waals surface area contributed by atoms with Crippen molar-refractivity contribution >= 4 is 13.3 Å². The van der Waals surface area contributed by atoms with Crippen molar-refractivity contribution in [1.82, 2.24) is 0 Å². The third-order valence-corrected chi connectivity index (χ3v) is 8.74. The van der Waals surface area contributed by atoms with Gasteiger partial charge in [0.1, 0.15) is 5.75 Å². The average Bonchev–Trinajstić information content (AvgIpc) is 2.67. The summed E-state index contributed by atoms with van der Waals surface area (Å²) in [6.07, 6.45) is 2.61. The van der Waals surface area contributed by atoms with Crippen LogP contribution in [0, 0.1) is 0 Å². The highest BCUT2D eigenvalue weighted by atomic mass is 28.3. The van der Waals surface area contributed by atoms with Gasteiger partial charge in [-0.05, 0) is 34.4 Å². The van der Waals surface area contributed by atoms with E-state index in [1.54, 1.807) is 17.3 Å². The monoisotopic (exact) mass is 360 g/mol. The molecule has 1 N–H and O–H groups in total. The normalized spacial score (nSPS) is 11.5. The Morgan fingerprint density at radius 1 is 0.654 bits per heavy atom. The third-order valence-electron chi connectivity index (χ3n) is 5.24. The zero-order valence-corrected chi connectivity index (χ0v) is 17.0. The standard InChI is InChI=1S/C24H28OSi/c1-4-5-18-26(2,3)24-16-12-22(13-17-24)20-8-6-19(7-9-20)21-10-14-23(25)15-11-21/h6-17,25H,4-5,18H2,1-3H3. The van der Waals surface area contributed by atoms with Crippen LogP contribution in [0.3, 0.4) is 0 Å². The second-order valence-corrected chi connectivity index (χ2v) is 12.5. The van der Waals surface area contributed by atoms with E-state index in [9.17, 15) is 5.11 Å². The van der Waals surface area contributed by atoms with Gasteiger partial charge in [-0.15, -0.1) is 0 Å². The smallest absolute Gasteiger partial charge is 0.115 e. The molecule has 0 saturated carbocycles. The van der Waals surface area contributed by atoms with Gasteiger partial charge in [0, 0.05) is 0 Å². The molecular formula is C24H28OSi. The first-order valence-corrected chi connectivity index (χ1v) is 12.7. The molecule has 0 aliphatic rings. The van der Waals surface area contributed by atoms with Gasteiger partial charge in [0.05, 0.1) is 8.07 Å². The number of aromatic hydroxyl groups is 1. The minimum atomic E-state index is -1.30. The van der Waals surface area contributed by atoms with E-state index in [0.717, 1.165) is 5.56 Å². The largest absolute Gasteiger partial charge is 0.508 e. The quantitative estimate of drug-likeness (QED) is 0.501. The minimum absolute atomic E-state index is 0.302. The molecule has 0 aliphatic carbocycles. The summed E-state index contributed by atoms with van der Waals surface area (Å²) >= 11 is 0. The van der Waals surface area contributed by atoms with Crippen LogP contribution in [-0.2, 0) is 0 Å². The van der Waals surface area contributed by atoms with Gasteiger partial charge in [0.25, 0.3) is 0 Å². The molecule has 0 bridgehead atoms. The van der Waals surface area contributed by atoms with Crippen molar-refractivity contribution in [2.75, 3.05) is 0 Å². The number of benzene rings is 3. The Hall–Kier alpha value is -2.32. The van der Waals surface area contributed by atoms with Crippen LogP contribution in [0.2, 0.25) is 19.1 Å². The maximum absolute atomic E-state index is 9.43. The van der Waals surface area contributed by atoms with Crippen LogP contribution < -0.4 is 5.19 Å². The van der Waals surface area contributed by atoms with Crippen LogP contribution in [0.15, 0.2) is 72.8 Å². The third kappa shape index (κ3) is 4.25. The first kappa shape index (κ1) is 18.5. The lowest BCUT2D eigenvalue weighted by molar-refractivity contribution is 0.475. The summed E-state index contributed by atoms with van der Waals surface area (Å²) in [6.45, 7) is 7.23. The SMILES string of the molecule is CCCC[Si](C)(C)c1ccc(-c2ccc(-c3ccc(O)cc3)cc2)cc1. The fraction of sp³-hybridized carbons (Fsp3) is 0.250. The van der Waals surface area contributed by atoms with Gasteiger partial charge in [0.2, 0.25) is 0 Å². The molecule has 0 radical (unpaired) electrons. The van der Waals surface area contributed by atoms with Gasteiger partial charge < -0.3 is 5.11 Å². The van der Waals surface area contributed by atoms with Gasteiger partial charge in [-0.25, -0.2) is 0 Å². The molecule has 0 heterocycles. The summed E-state index contributed by atoms with van der Waals surface area (Å²) in [5.74, 6) is 0.302. The van der Waals surface area contributed by atoms with E-state index < -0.39 is 8.07 Å². The molecule has 1 nitrogen and oxygen atoms in total. The zero-order chi connectivity index (χ0) is 18.6.